The van der Waals surface area contributed by atoms with Gasteiger partial charge in [0.25, 0.3) is 0 Å². The third-order valence-electron chi connectivity index (χ3n) is 4.14. The molecule has 10 heteroatoms. The lowest BCUT2D eigenvalue weighted by molar-refractivity contribution is -0.153. The van der Waals surface area contributed by atoms with Crippen molar-refractivity contribution in [2.24, 2.45) is 4.99 Å². The molecule has 0 saturated heterocycles. The number of benzene rings is 2. The number of hydrogen-bond acceptors (Lipinski definition) is 4. The average molecular weight is 553 g/mol. The fraction of sp³-hybridized carbons (Fsp3) is 0.381. The summed E-state index contributed by atoms with van der Waals surface area (Å²) in [6.07, 6.45) is -3.63. The van der Waals surface area contributed by atoms with E-state index in [0.29, 0.717) is 30.5 Å². The lowest BCUT2D eigenvalue weighted by Crippen LogP contribution is -2.37. The Balaban J connectivity index is 0.00000480. The first kappa shape index (κ1) is 26.7. The molecule has 0 unspecified atom stereocenters. The number of nitrogens with one attached hydrogen (secondary N) is 2. The number of ether oxygens (including phenoxy) is 3. The van der Waals surface area contributed by atoms with Crippen molar-refractivity contribution in [3.8, 4) is 17.2 Å². The molecule has 0 aliphatic rings. The minimum Gasteiger partial charge on any atom is -0.493 e. The summed E-state index contributed by atoms with van der Waals surface area (Å²) in [5.41, 5.74) is 1.85. The van der Waals surface area contributed by atoms with Gasteiger partial charge in [-0.15, -0.1) is 24.0 Å². The van der Waals surface area contributed by atoms with Crippen LogP contribution in [-0.2, 0) is 13.0 Å². The first-order valence-electron chi connectivity index (χ1n) is 9.28. The maximum atomic E-state index is 12.3. The van der Waals surface area contributed by atoms with Gasteiger partial charge in [-0.2, -0.15) is 13.2 Å². The Labute approximate surface area is 197 Å². The third-order valence-corrected chi connectivity index (χ3v) is 4.14. The van der Waals surface area contributed by atoms with E-state index in [9.17, 15) is 13.2 Å². The van der Waals surface area contributed by atoms with Crippen LogP contribution < -0.4 is 24.8 Å². The van der Waals surface area contributed by atoms with Gasteiger partial charge in [0.15, 0.2) is 24.1 Å². The number of aliphatic imine (C=N–C) groups is 1. The molecule has 2 rings (SSSR count). The van der Waals surface area contributed by atoms with Gasteiger partial charge in [0.05, 0.1) is 14.2 Å². The fourth-order valence-electron chi connectivity index (χ4n) is 2.68. The van der Waals surface area contributed by atoms with E-state index in [4.69, 9.17) is 14.2 Å². The Morgan fingerprint density at radius 2 is 1.71 bits per heavy atom. The van der Waals surface area contributed by atoms with Gasteiger partial charge in [0, 0.05) is 20.1 Å². The average Bonchev–Trinajstić information content (AvgIpc) is 2.74. The minimum absolute atomic E-state index is 0. The van der Waals surface area contributed by atoms with Crippen LogP contribution in [0.3, 0.4) is 0 Å². The molecular weight excluding hydrogens is 526 g/mol. The minimum atomic E-state index is -4.37. The number of guanidine groups is 1. The fourth-order valence-corrected chi connectivity index (χ4v) is 2.68. The summed E-state index contributed by atoms with van der Waals surface area (Å²) in [6, 6.07) is 12.2. The molecule has 0 atom stereocenters. The Morgan fingerprint density at radius 1 is 0.968 bits per heavy atom. The topological polar surface area (TPSA) is 64.1 Å². The molecule has 0 aliphatic heterocycles. The zero-order chi connectivity index (χ0) is 22.0. The molecule has 0 aromatic heterocycles. The molecule has 0 amide bonds. The standard InChI is InChI=1S/C21H26F3N3O3.HI/c1-25-20(26-10-9-15-7-8-18(28-2)19(12-15)29-3)27-13-16-5-4-6-17(11-16)30-14-21(22,23)24;/h4-8,11-12H,9-10,13-14H2,1-3H3,(H2,25,26,27);1H. The summed E-state index contributed by atoms with van der Waals surface area (Å²) < 4.78 is 52.2. The van der Waals surface area contributed by atoms with Crippen LogP contribution in [0.15, 0.2) is 47.5 Å². The van der Waals surface area contributed by atoms with Crippen molar-refractivity contribution in [2.75, 3.05) is 34.4 Å². The molecule has 0 radical (unpaired) electrons. The molecule has 172 valence electrons. The van der Waals surface area contributed by atoms with Gasteiger partial charge in [-0.3, -0.25) is 4.99 Å². The van der Waals surface area contributed by atoms with Crippen LogP contribution in [0.2, 0.25) is 0 Å². The largest absolute Gasteiger partial charge is 0.493 e. The van der Waals surface area contributed by atoms with Crippen molar-refractivity contribution in [2.45, 2.75) is 19.1 Å². The molecule has 2 aromatic rings. The number of alkyl halides is 3. The van der Waals surface area contributed by atoms with Crippen LogP contribution in [0, 0.1) is 0 Å². The van der Waals surface area contributed by atoms with Crippen molar-refractivity contribution in [1.29, 1.82) is 0 Å². The number of hydrogen-bond donors (Lipinski definition) is 2. The monoisotopic (exact) mass is 553 g/mol. The first-order chi connectivity index (χ1) is 14.3. The second-order valence-corrected chi connectivity index (χ2v) is 6.34. The van der Waals surface area contributed by atoms with Gasteiger partial charge >= 0.3 is 6.18 Å². The molecule has 0 aliphatic carbocycles. The van der Waals surface area contributed by atoms with E-state index in [1.807, 2.05) is 18.2 Å². The smallest absolute Gasteiger partial charge is 0.422 e. The molecule has 6 nitrogen and oxygen atoms in total. The third kappa shape index (κ3) is 9.53. The highest BCUT2D eigenvalue weighted by molar-refractivity contribution is 14.0. The summed E-state index contributed by atoms with van der Waals surface area (Å²) in [4.78, 5) is 4.16. The first-order valence-corrected chi connectivity index (χ1v) is 9.28. The summed E-state index contributed by atoms with van der Waals surface area (Å²) in [6.45, 7) is -0.299. The normalized spacial score (nSPS) is 11.4. The van der Waals surface area contributed by atoms with E-state index in [2.05, 4.69) is 15.6 Å². The summed E-state index contributed by atoms with van der Waals surface area (Å²) in [5.74, 6) is 2.10. The lowest BCUT2D eigenvalue weighted by atomic mass is 10.1. The van der Waals surface area contributed by atoms with Gasteiger partial charge < -0.3 is 24.8 Å². The van der Waals surface area contributed by atoms with Crippen LogP contribution in [0.1, 0.15) is 11.1 Å². The van der Waals surface area contributed by atoms with Crippen LogP contribution >= 0.6 is 24.0 Å². The van der Waals surface area contributed by atoms with Crippen molar-refractivity contribution >= 4 is 29.9 Å². The number of halogens is 4. The second kappa shape index (κ2) is 13.1. The van der Waals surface area contributed by atoms with Crippen LogP contribution in [-0.4, -0.2) is 46.6 Å². The quantitative estimate of drug-likeness (QED) is 0.278. The van der Waals surface area contributed by atoms with Gasteiger partial charge in [-0.25, -0.2) is 0 Å². The maximum Gasteiger partial charge on any atom is 0.422 e. The van der Waals surface area contributed by atoms with Gasteiger partial charge in [0.2, 0.25) is 0 Å². The van der Waals surface area contributed by atoms with Gasteiger partial charge in [0.1, 0.15) is 5.75 Å². The van der Waals surface area contributed by atoms with Crippen LogP contribution in [0.25, 0.3) is 0 Å². The number of nitrogens with zero attached hydrogens (tertiary/aromatic N) is 1. The Kier molecular flexibility index (Phi) is 11.3. The molecule has 0 heterocycles. The van der Waals surface area contributed by atoms with Crippen molar-refractivity contribution in [1.82, 2.24) is 10.6 Å². The molecular formula is C21H27F3IN3O3. The molecule has 2 N–H and O–H groups in total. The Hall–Kier alpha value is -2.37. The van der Waals surface area contributed by atoms with E-state index in [0.717, 1.165) is 17.5 Å². The summed E-state index contributed by atoms with van der Waals surface area (Å²) in [5, 5.41) is 6.33. The Bertz CT molecular complexity index is 848. The lowest BCUT2D eigenvalue weighted by Gasteiger charge is -2.14. The van der Waals surface area contributed by atoms with Gasteiger partial charge in [-0.05, 0) is 41.8 Å². The highest BCUT2D eigenvalue weighted by Gasteiger charge is 2.28. The highest BCUT2D eigenvalue weighted by atomic mass is 127. The van der Waals surface area contributed by atoms with E-state index < -0.39 is 12.8 Å². The maximum absolute atomic E-state index is 12.3. The van der Waals surface area contributed by atoms with E-state index >= 15 is 0 Å². The summed E-state index contributed by atoms with van der Waals surface area (Å²) >= 11 is 0. The zero-order valence-electron chi connectivity index (χ0n) is 17.6. The molecule has 0 fully saturated rings. The number of methoxy groups -OCH3 is 2. The summed E-state index contributed by atoms with van der Waals surface area (Å²) in [7, 11) is 4.83. The van der Waals surface area contributed by atoms with E-state index in [-0.39, 0.29) is 29.7 Å². The van der Waals surface area contributed by atoms with Gasteiger partial charge in [-0.1, -0.05) is 18.2 Å². The molecule has 0 saturated carbocycles. The number of rotatable bonds is 9. The predicted molar refractivity (Wildman–Crippen MR) is 125 cm³/mol. The predicted octanol–water partition coefficient (Wildman–Crippen LogP) is 4.17. The highest BCUT2D eigenvalue weighted by Crippen LogP contribution is 2.27. The van der Waals surface area contributed by atoms with Crippen molar-refractivity contribution in [3.63, 3.8) is 0 Å². The second-order valence-electron chi connectivity index (χ2n) is 6.34. The molecule has 2 aromatic carbocycles. The van der Waals surface area contributed by atoms with E-state index in [1.165, 1.54) is 6.07 Å². The zero-order valence-corrected chi connectivity index (χ0v) is 19.9. The SMILES string of the molecule is CN=C(NCCc1ccc(OC)c(OC)c1)NCc1cccc(OCC(F)(F)F)c1.I. The van der Waals surface area contributed by atoms with Crippen molar-refractivity contribution < 1.29 is 27.4 Å². The molecule has 0 spiro atoms. The van der Waals surface area contributed by atoms with Crippen LogP contribution in [0.4, 0.5) is 13.2 Å². The molecule has 31 heavy (non-hydrogen) atoms. The molecule has 0 bridgehead atoms. The van der Waals surface area contributed by atoms with Crippen molar-refractivity contribution in [3.05, 3.63) is 53.6 Å². The van der Waals surface area contributed by atoms with E-state index in [1.54, 1.807) is 39.5 Å². The van der Waals surface area contributed by atoms with Crippen LogP contribution in [0.5, 0.6) is 17.2 Å². The Morgan fingerprint density at radius 3 is 2.35 bits per heavy atom.